The van der Waals surface area contributed by atoms with Crippen LogP contribution in [0.25, 0.3) is 22.3 Å². The first kappa shape index (κ1) is 15.0. The Morgan fingerprint density at radius 3 is 2.80 bits per heavy atom. The molecule has 0 saturated heterocycles. The molecule has 0 unspecified atom stereocenters. The molecule has 4 aromatic heterocycles. The monoisotopic (exact) mass is 333 g/mol. The molecule has 0 aromatic carbocycles. The van der Waals surface area contributed by atoms with Crippen LogP contribution < -0.4 is 5.32 Å². The average Bonchev–Trinajstić information content (AvgIpc) is 3.20. The molecule has 8 heteroatoms. The molecule has 1 amide bonds. The van der Waals surface area contributed by atoms with E-state index < -0.39 is 0 Å². The molecule has 0 aliphatic rings. The Morgan fingerprint density at radius 2 is 2.04 bits per heavy atom. The van der Waals surface area contributed by atoms with Crippen molar-refractivity contribution >= 4 is 22.6 Å². The van der Waals surface area contributed by atoms with Crippen LogP contribution in [0.15, 0.2) is 43.1 Å². The zero-order chi connectivity index (χ0) is 17.4. The lowest BCUT2D eigenvalue weighted by Gasteiger charge is -2.02. The molecule has 4 rings (SSSR count). The quantitative estimate of drug-likeness (QED) is 0.599. The summed E-state index contributed by atoms with van der Waals surface area (Å²) < 4.78 is 1.58. The number of nitrogens with one attached hydrogen (secondary N) is 2. The maximum Gasteiger partial charge on any atom is 0.260 e. The van der Waals surface area contributed by atoms with Crippen molar-refractivity contribution in [2.24, 2.45) is 7.05 Å². The second kappa shape index (κ2) is 5.82. The number of amides is 1. The summed E-state index contributed by atoms with van der Waals surface area (Å²) in [5.74, 6) is 0.215. The van der Waals surface area contributed by atoms with Crippen molar-refractivity contribution < 1.29 is 4.79 Å². The number of hydrogen-bond donors (Lipinski definition) is 2. The first-order valence-electron chi connectivity index (χ1n) is 7.66. The topological polar surface area (TPSA) is 101 Å². The Kier molecular flexibility index (Phi) is 3.50. The molecule has 0 aliphatic heterocycles. The smallest absolute Gasteiger partial charge is 0.260 e. The van der Waals surface area contributed by atoms with Gasteiger partial charge in [0.05, 0.1) is 28.7 Å². The lowest BCUT2D eigenvalue weighted by Crippen LogP contribution is -2.12. The molecule has 4 aromatic rings. The number of fused-ring (bicyclic) bond motifs is 1. The summed E-state index contributed by atoms with van der Waals surface area (Å²) in [5.41, 5.74) is 3.92. The van der Waals surface area contributed by atoms with E-state index in [1.807, 2.05) is 19.1 Å². The predicted molar refractivity (Wildman–Crippen MR) is 93.0 cm³/mol. The Hall–Kier alpha value is -3.55. The van der Waals surface area contributed by atoms with Crippen LogP contribution in [0.2, 0.25) is 0 Å². The van der Waals surface area contributed by atoms with Gasteiger partial charge in [-0.05, 0) is 19.1 Å². The van der Waals surface area contributed by atoms with Gasteiger partial charge in [0.15, 0.2) is 0 Å². The van der Waals surface area contributed by atoms with Gasteiger partial charge in [0.25, 0.3) is 5.91 Å². The van der Waals surface area contributed by atoms with Gasteiger partial charge in [-0.25, -0.2) is 15.0 Å². The third-order valence-corrected chi connectivity index (χ3v) is 3.79. The fourth-order valence-corrected chi connectivity index (χ4v) is 2.56. The fourth-order valence-electron chi connectivity index (χ4n) is 2.56. The van der Waals surface area contributed by atoms with Crippen molar-refractivity contribution in [3.05, 3.63) is 54.4 Å². The lowest BCUT2D eigenvalue weighted by molar-refractivity contribution is 0.102. The highest BCUT2D eigenvalue weighted by Crippen LogP contribution is 2.24. The molecule has 0 fully saturated rings. The van der Waals surface area contributed by atoms with E-state index in [1.54, 1.807) is 30.2 Å². The number of nitrogens with zero attached hydrogens (tertiary/aromatic N) is 5. The third-order valence-electron chi connectivity index (χ3n) is 3.79. The van der Waals surface area contributed by atoms with E-state index >= 15 is 0 Å². The molecule has 25 heavy (non-hydrogen) atoms. The molecular formula is C17H15N7O. The van der Waals surface area contributed by atoms with Crippen molar-refractivity contribution in [1.29, 1.82) is 0 Å². The molecule has 0 radical (unpaired) electrons. The second-order valence-electron chi connectivity index (χ2n) is 5.74. The molecule has 2 N–H and O–H groups in total. The molecule has 124 valence electrons. The number of rotatable bonds is 3. The standard InChI is InChI=1S/C17H15N7O/c1-10-3-14(20-9-19-10)15-4-11-6-18-16(5-13(11)22-15)23-17(25)12-7-21-24(2)8-12/h3-9,22H,1-2H3,(H,18,23,25). The van der Waals surface area contributed by atoms with Crippen LogP contribution in [0, 0.1) is 6.92 Å². The van der Waals surface area contributed by atoms with Crippen molar-refractivity contribution in [3.8, 4) is 11.4 Å². The van der Waals surface area contributed by atoms with E-state index in [0.29, 0.717) is 11.4 Å². The van der Waals surface area contributed by atoms with E-state index in [0.717, 1.165) is 28.0 Å². The normalized spacial score (nSPS) is 11.0. The first-order valence-corrected chi connectivity index (χ1v) is 7.66. The average molecular weight is 333 g/mol. The highest BCUT2D eigenvalue weighted by molar-refractivity contribution is 6.04. The first-order chi connectivity index (χ1) is 12.1. The summed E-state index contributed by atoms with van der Waals surface area (Å²) in [6.07, 6.45) is 6.41. The third kappa shape index (κ3) is 2.97. The predicted octanol–water partition coefficient (Wildman–Crippen LogP) is 2.31. The summed E-state index contributed by atoms with van der Waals surface area (Å²) >= 11 is 0. The van der Waals surface area contributed by atoms with Gasteiger partial charge in [-0.2, -0.15) is 5.10 Å². The number of carbonyl (C=O) groups excluding carboxylic acids is 1. The van der Waals surface area contributed by atoms with Gasteiger partial charge >= 0.3 is 0 Å². The van der Waals surface area contributed by atoms with E-state index in [2.05, 4.69) is 30.4 Å². The highest BCUT2D eigenvalue weighted by atomic mass is 16.1. The van der Waals surface area contributed by atoms with Crippen LogP contribution in [0.5, 0.6) is 0 Å². The number of pyridine rings is 1. The second-order valence-corrected chi connectivity index (χ2v) is 5.74. The Bertz CT molecular complexity index is 1080. The van der Waals surface area contributed by atoms with Crippen molar-refractivity contribution in [3.63, 3.8) is 0 Å². The van der Waals surface area contributed by atoms with Gasteiger partial charge in [-0.15, -0.1) is 0 Å². The molecule has 0 bridgehead atoms. The van der Waals surface area contributed by atoms with Crippen molar-refractivity contribution in [1.82, 2.24) is 29.7 Å². The van der Waals surface area contributed by atoms with Crippen LogP contribution in [-0.4, -0.2) is 35.6 Å². The van der Waals surface area contributed by atoms with Gasteiger partial charge in [-0.1, -0.05) is 0 Å². The number of aromatic amines is 1. The number of anilines is 1. The van der Waals surface area contributed by atoms with Crippen LogP contribution in [0.1, 0.15) is 16.1 Å². The molecule has 8 nitrogen and oxygen atoms in total. The Morgan fingerprint density at radius 1 is 1.16 bits per heavy atom. The van der Waals surface area contributed by atoms with E-state index in [1.165, 1.54) is 12.5 Å². The summed E-state index contributed by atoms with van der Waals surface area (Å²) in [6, 6.07) is 5.67. The summed E-state index contributed by atoms with van der Waals surface area (Å²) in [7, 11) is 1.76. The van der Waals surface area contributed by atoms with Crippen LogP contribution >= 0.6 is 0 Å². The van der Waals surface area contributed by atoms with Crippen LogP contribution in [-0.2, 0) is 7.05 Å². The van der Waals surface area contributed by atoms with Crippen LogP contribution in [0.4, 0.5) is 5.82 Å². The molecule has 0 aliphatic carbocycles. The van der Waals surface area contributed by atoms with E-state index in [-0.39, 0.29) is 5.91 Å². The SMILES string of the molecule is Cc1cc(-c2cc3cnc(NC(=O)c4cnn(C)c4)cc3[nH]2)ncn1. The van der Waals surface area contributed by atoms with E-state index in [9.17, 15) is 4.79 Å². The number of aryl methyl sites for hydroxylation is 2. The Balaban J connectivity index is 1.63. The summed E-state index contributed by atoms with van der Waals surface area (Å²) in [4.78, 5) is 28.2. The summed E-state index contributed by atoms with van der Waals surface area (Å²) in [5, 5.41) is 7.70. The number of H-pyrrole nitrogens is 1. The number of hydrogen-bond acceptors (Lipinski definition) is 5. The molecule has 4 heterocycles. The zero-order valence-corrected chi connectivity index (χ0v) is 13.7. The van der Waals surface area contributed by atoms with Gasteiger partial charge in [0.1, 0.15) is 12.1 Å². The number of aromatic nitrogens is 6. The zero-order valence-electron chi connectivity index (χ0n) is 13.7. The lowest BCUT2D eigenvalue weighted by atomic mass is 10.2. The van der Waals surface area contributed by atoms with Crippen molar-refractivity contribution in [2.75, 3.05) is 5.32 Å². The molecule has 0 spiro atoms. The van der Waals surface area contributed by atoms with Gasteiger partial charge in [0.2, 0.25) is 0 Å². The van der Waals surface area contributed by atoms with Crippen molar-refractivity contribution in [2.45, 2.75) is 6.92 Å². The fraction of sp³-hybridized carbons (Fsp3) is 0.118. The van der Waals surface area contributed by atoms with E-state index in [4.69, 9.17) is 0 Å². The molecule has 0 atom stereocenters. The van der Waals surface area contributed by atoms with Gasteiger partial charge in [-0.3, -0.25) is 9.48 Å². The maximum atomic E-state index is 12.2. The number of carbonyl (C=O) groups is 1. The van der Waals surface area contributed by atoms with Gasteiger partial charge < -0.3 is 10.3 Å². The minimum Gasteiger partial charge on any atom is -0.353 e. The van der Waals surface area contributed by atoms with Gasteiger partial charge in [0, 0.05) is 36.6 Å². The maximum absolute atomic E-state index is 12.2. The minimum absolute atomic E-state index is 0.252. The summed E-state index contributed by atoms with van der Waals surface area (Å²) in [6.45, 7) is 1.92. The van der Waals surface area contributed by atoms with Crippen LogP contribution in [0.3, 0.4) is 0 Å². The highest BCUT2D eigenvalue weighted by Gasteiger charge is 2.11. The minimum atomic E-state index is -0.252. The molecular weight excluding hydrogens is 318 g/mol. The largest absolute Gasteiger partial charge is 0.353 e. The molecule has 0 saturated carbocycles. The Labute approximate surface area is 143 Å².